The lowest BCUT2D eigenvalue weighted by atomic mass is 10.2. The third-order valence-corrected chi connectivity index (χ3v) is 4.97. The zero-order valence-electron chi connectivity index (χ0n) is 13.9. The van der Waals surface area contributed by atoms with Crippen LogP contribution in [-0.2, 0) is 16.1 Å². The van der Waals surface area contributed by atoms with Crippen LogP contribution in [0, 0.1) is 10.1 Å². The molecule has 0 bridgehead atoms. The fourth-order valence-corrected chi connectivity index (χ4v) is 3.59. The monoisotopic (exact) mass is 377 g/mol. The van der Waals surface area contributed by atoms with Gasteiger partial charge in [0.1, 0.15) is 0 Å². The van der Waals surface area contributed by atoms with Gasteiger partial charge in [-0.15, -0.1) is 10.2 Å². The van der Waals surface area contributed by atoms with Crippen LogP contribution >= 0.6 is 11.8 Å². The molecule has 0 saturated carbocycles. The van der Waals surface area contributed by atoms with Crippen molar-refractivity contribution in [1.29, 1.82) is 0 Å². The lowest BCUT2D eigenvalue weighted by molar-refractivity contribution is -0.384. The van der Waals surface area contributed by atoms with Gasteiger partial charge in [-0.05, 0) is 31.4 Å². The van der Waals surface area contributed by atoms with E-state index < -0.39 is 10.9 Å². The molecule has 2 heterocycles. The van der Waals surface area contributed by atoms with Crippen molar-refractivity contribution in [2.24, 2.45) is 0 Å². The van der Waals surface area contributed by atoms with E-state index in [1.54, 1.807) is 12.1 Å². The highest BCUT2D eigenvalue weighted by molar-refractivity contribution is 7.99. The number of non-ortho nitro benzene ring substituents is 1. The first-order chi connectivity index (χ1) is 12.5. The molecule has 0 N–H and O–H groups in total. The molecule has 26 heavy (non-hydrogen) atoms. The minimum absolute atomic E-state index is 0.00231. The number of ether oxygens (including phenoxy) is 1. The van der Waals surface area contributed by atoms with E-state index >= 15 is 0 Å². The van der Waals surface area contributed by atoms with Gasteiger partial charge < -0.3 is 14.6 Å². The summed E-state index contributed by atoms with van der Waals surface area (Å²) in [6, 6.07) is 6.10. The molecule has 2 aromatic rings. The lowest BCUT2D eigenvalue weighted by Crippen LogP contribution is -2.22. The number of carboxylic acids is 1. The Balaban J connectivity index is 1.86. The Hall–Kier alpha value is -2.46. The molecular weight excluding hydrogens is 360 g/mol. The molecule has 0 spiro atoms. The molecule has 10 heteroatoms. The second-order valence-electron chi connectivity index (χ2n) is 5.83. The molecule has 3 rings (SSSR count). The van der Waals surface area contributed by atoms with Crippen LogP contribution in [0.2, 0.25) is 0 Å². The lowest BCUT2D eigenvalue weighted by Gasteiger charge is -2.14. The molecule has 0 amide bonds. The Morgan fingerprint density at radius 3 is 2.73 bits per heavy atom. The molecule has 1 aromatic heterocycles. The summed E-state index contributed by atoms with van der Waals surface area (Å²) >= 11 is 1.29. The van der Waals surface area contributed by atoms with Crippen LogP contribution in [-0.4, -0.2) is 44.1 Å². The molecule has 0 aliphatic carbocycles. The van der Waals surface area contributed by atoms with Gasteiger partial charge in [0.2, 0.25) is 0 Å². The third kappa shape index (κ3) is 4.38. The molecule has 138 valence electrons. The third-order valence-electron chi connectivity index (χ3n) is 4.00. The number of rotatable bonds is 8. The van der Waals surface area contributed by atoms with Gasteiger partial charge in [0.25, 0.3) is 5.69 Å². The van der Waals surface area contributed by atoms with Gasteiger partial charge in [0.05, 0.1) is 17.6 Å². The summed E-state index contributed by atoms with van der Waals surface area (Å²) in [5, 5.41) is 30.4. The van der Waals surface area contributed by atoms with Crippen molar-refractivity contribution in [3.05, 3.63) is 34.4 Å². The normalized spacial score (nSPS) is 16.7. The summed E-state index contributed by atoms with van der Waals surface area (Å²) in [5.41, 5.74) is 0.704. The molecule has 0 radical (unpaired) electrons. The second kappa shape index (κ2) is 8.28. The average Bonchev–Trinajstić information content (AvgIpc) is 3.26. The summed E-state index contributed by atoms with van der Waals surface area (Å²) < 4.78 is 7.57. The van der Waals surface area contributed by atoms with Gasteiger partial charge in [-0.25, -0.2) is 0 Å². The maximum atomic E-state index is 10.8. The van der Waals surface area contributed by atoms with E-state index in [1.165, 1.54) is 23.9 Å². The summed E-state index contributed by atoms with van der Waals surface area (Å²) in [4.78, 5) is 21.0. The minimum atomic E-state index is -1.11. The van der Waals surface area contributed by atoms with E-state index in [1.807, 2.05) is 4.57 Å². The van der Waals surface area contributed by atoms with Crippen LogP contribution in [0.25, 0.3) is 11.4 Å². The van der Waals surface area contributed by atoms with Crippen molar-refractivity contribution < 1.29 is 19.6 Å². The maximum absolute atomic E-state index is 10.8. The number of benzene rings is 1. The number of nitro groups is 1. The predicted octanol–water partition coefficient (Wildman–Crippen LogP) is 1.26. The fourth-order valence-electron chi connectivity index (χ4n) is 2.72. The Morgan fingerprint density at radius 2 is 2.12 bits per heavy atom. The van der Waals surface area contributed by atoms with Crippen molar-refractivity contribution in [2.45, 2.75) is 37.1 Å². The highest BCUT2D eigenvalue weighted by atomic mass is 32.2. The predicted molar refractivity (Wildman–Crippen MR) is 91.4 cm³/mol. The number of hydrogen-bond acceptors (Lipinski definition) is 8. The summed E-state index contributed by atoms with van der Waals surface area (Å²) in [6.07, 6.45) is 1.89. The van der Waals surface area contributed by atoms with Crippen LogP contribution < -0.4 is 5.11 Å². The molecule has 1 atom stereocenters. The number of carbonyl (C=O) groups is 1. The molecular formula is C16H17N4O5S-. The quantitative estimate of drug-likeness (QED) is 0.383. The van der Waals surface area contributed by atoms with E-state index in [2.05, 4.69) is 10.2 Å². The van der Waals surface area contributed by atoms with Crippen LogP contribution in [0.3, 0.4) is 0 Å². The summed E-state index contributed by atoms with van der Waals surface area (Å²) in [5.74, 6) is -0.212. The molecule has 1 aliphatic heterocycles. The van der Waals surface area contributed by atoms with Gasteiger partial charge in [-0.1, -0.05) is 11.8 Å². The van der Waals surface area contributed by atoms with Crippen molar-refractivity contribution in [3.8, 4) is 11.4 Å². The van der Waals surface area contributed by atoms with Gasteiger partial charge in [0.15, 0.2) is 11.0 Å². The van der Waals surface area contributed by atoms with Crippen LogP contribution in [0.1, 0.15) is 19.3 Å². The number of thioether (sulfide) groups is 1. The molecule has 1 saturated heterocycles. The largest absolute Gasteiger partial charge is 0.550 e. The zero-order valence-corrected chi connectivity index (χ0v) is 14.7. The van der Waals surface area contributed by atoms with Crippen LogP contribution in [0.15, 0.2) is 29.4 Å². The Bertz CT molecular complexity index is 786. The van der Waals surface area contributed by atoms with Gasteiger partial charge in [-0.2, -0.15) is 0 Å². The van der Waals surface area contributed by atoms with E-state index in [0.717, 1.165) is 12.8 Å². The van der Waals surface area contributed by atoms with Crippen molar-refractivity contribution in [3.63, 3.8) is 0 Å². The van der Waals surface area contributed by atoms with Crippen LogP contribution in [0.5, 0.6) is 0 Å². The zero-order chi connectivity index (χ0) is 18.5. The minimum Gasteiger partial charge on any atom is -0.550 e. The standard InChI is InChI=1S/C16H18N4O5S/c21-14(22)7-9-26-16-18-17-15(19(16)10-13-2-1-8-25-13)11-3-5-12(6-4-11)20(23)24/h3-6,13H,1-2,7-10H2,(H,21,22)/p-1/t13-/m0/s1. The molecule has 0 unspecified atom stereocenters. The summed E-state index contributed by atoms with van der Waals surface area (Å²) in [6.45, 7) is 1.26. The van der Waals surface area contributed by atoms with Gasteiger partial charge in [0, 0.05) is 36.0 Å². The molecule has 1 aromatic carbocycles. The van der Waals surface area contributed by atoms with Crippen molar-refractivity contribution in [2.75, 3.05) is 12.4 Å². The average molecular weight is 377 g/mol. The number of nitro benzene ring substituents is 1. The Kier molecular flexibility index (Phi) is 5.84. The van der Waals surface area contributed by atoms with Crippen molar-refractivity contribution in [1.82, 2.24) is 14.8 Å². The first kappa shape index (κ1) is 18.3. The summed E-state index contributed by atoms with van der Waals surface area (Å²) in [7, 11) is 0. The van der Waals surface area contributed by atoms with Gasteiger partial charge in [-0.3, -0.25) is 14.7 Å². The number of hydrogen-bond donors (Lipinski definition) is 0. The number of carboxylic acid groups (broad SMARTS) is 1. The first-order valence-corrected chi connectivity index (χ1v) is 9.15. The van der Waals surface area contributed by atoms with Crippen LogP contribution in [0.4, 0.5) is 5.69 Å². The highest BCUT2D eigenvalue weighted by Crippen LogP contribution is 2.27. The van der Waals surface area contributed by atoms with Gasteiger partial charge >= 0.3 is 0 Å². The number of aliphatic carboxylic acids is 1. The number of carbonyl (C=O) groups excluding carboxylic acids is 1. The number of nitrogens with zero attached hydrogens (tertiary/aromatic N) is 4. The Labute approximate surface area is 153 Å². The highest BCUT2D eigenvalue weighted by Gasteiger charge is 2.22. The topological polar surface area (TPSA) is 123 Å². The molecule has 1 aliphatic rings. The smallest absolute Gasteiger partial charge is 0.269 e. The molecule has 1 fully saturated rings. The number of aromatic nitrogens is 3. The Morgan fingerprint density at radius 1 is 1.35 bits per heavy atom. The fraction of sp³-hybridized carbons (Fsp3) is 0.438. The second-order valence-corrected chi connectivity index (χ2v) is 6.89. The van der Waals surface area contributed by atoms with Crippen molar-refractivity contribution >= 4 is 23.4 Å². The van der Waals surface area contributed by atoms with E-state index in [9.17, 15) is 20.0 Å². The maximum Gasteiger partial charge on any atom is 0.269 e. The van der Waals surface area contributed by atoms with E-state index in [0.29, 0.717) is 35.4 Å². The van der Waals surface area contributed by atoms with E-state index in [4.69, 9.17) is 4.74 Å². The van der Waals surface area contributed by atoms with E-state index in [-0.39, 0.29) is 18.2 Å². The molecule has 9 nitrogen and oxygen atoms in total. The SMILES string of the molecule is O=C([O-])CCSc1nnc(-c2ccc([N+](=O)[O-])cc2)n1C[C@@H]1CCCO1. The first-order valence-electron chi connectivity index (χ1n) is 8.17.